The zero-order chi connectivity index (χ0) is 16.5. The van der Waals surface area contributed by atoms with Gasteiger partial charge in [0.25, 0.3) is 5.91 Å². The second-order valence-corrected chi connectivity index (χ2v) is 7.71. The van der Waals surface area contributed by atoms with E-state index >= 15 is 0 Å². The molecule has 2 aliphatic carbocycles. The number of carbonyl (C=O) groups excluding carboxylic acids is 2. The molecule has 1 saturated heterocycles. The Labute approximate surface area is 146 Å². The van der Waals surface area contributed by atoms with Gasteiger partial charge in [-0.05, 0) is 55.0 Å². The van der Waals surface area contributed by atoms with Gasteiger partial charge in [-0.3, -0.25) is 10.1 Å². The highest BCUT2D eigenvalue weighted by Gasteiger charge is 2.54. The fourth-order valence-corrected chi connectivity index (χ4v) is 5.24. The van der Waals surface area contributed by atoms with Crippen LogP contribution in [0.5, 0.6) is 11.5 Å². The van der Waals surface area contributed by atoms with Crippen LogP contribution in [0.2, 0.25) is 0 Å². The highest BCUT2D eigenvalue weighted by Crippen LogP contribution is 2.57. The van der Waals surface area contributed by atoms with E-state index in [0.717, 1.165) is 34.4 Å². The number of imide groups is 1. The number of carbonyl (C=O) groups is 2. The summed E-state index contributed by atoms with van der Waals surface area (Å²) in [6.07, 6.45) is 4.92. The summed E-state index contributed by atoms with van der Waals surface area (Å²) in [5.41, 5.74) is 1.42. The standard InChI is InChI=1S/C17H15BrN2O4/c18-13-6-9-5-11-12(24-8-23-11)7-10(9)16(13)1-3-17(4-2-16)14(21)19-15(22)20-17/h5-7H,1-4,8H2,(H2,19,20,21,22). The van der Waals surface area contributed by atoms with Crippen molar-refractivity contribution in [2.45, 2.75) is 36.6 Å². The van der Waals surface area contributed by atoms with E-state index in [9.17, 15) is 9.59 Å². The second kappa shape index (κ2) is 4.53. The summed E-state index contributed by atoms with van der Waals surface area (Å²) in [6, 6.07) is 3.69. The quantitative estimate of drug-likeness (QED) is 0.667. The van der Waals surface area contributed by atoms with E-state index in [-0.39, 0.29) is 24.1 Å². The average molecular weight is 391 g/mol. The van der Waals surface area contributed by atoms with Crippen LogP contribution in [0.1, 0.15) is 36.8 Å². The number of allylic oxidation sites excluding steroid dienone is 1. The first kappa shape index (κ1) is 14.3. The van der Waals surface area contributed by atoms with Gasteiger partial charge in [0.15, 0.2) is 11.5 Å². The summed E-state index contributed by atoms with van der Waals surface area (Å²) in [7, 11) is 0. The number of nitrogens with one attached hydrogen (secondary N) is 2. The lowest BCUT2D eigenvalue weighted by molar-refractivity contribution is -0.125. The van der Waals surface area contributed by atoms with E-state index in [1.165, 1.54) is 5.56 Å². The molecule has 24 heavy (non-hydrogen) atoms. The zero-order valence-corrected chi connectivity index (χ0v) is 14.4. The van der Waals surface area contributed by atoms with Gasteiger partial charge in [-0.1, -0.05) is 15.9 Å². The van der Waals surface area contributed by atoms with Gasteiger partial charge in [0.1, 0.15) is 5.54 Å². The number of fused-ring (bicyclic) bond motifs is 3. The largest absolute Gasteiger partial charge is 0.454 e. The number of hydrogen-bond acceptors (Lipinski definition) is 4. The second-order valence-electron chi connectivity index (χ2n) is 6.86. The van der Waals surface area contributed by atoms with E-state index in [1.807, 2.05) is 6.07 Å². The molecule has 5 rings (SSSR count). The monoisotopic (exact) mass is 390 g/mol. The van der Waals surface area contributed by atoms with Gasteiger partial charge in [0.05, 0.1) is 0 Å². The van der Waals surface area contributed by atoms with Crippen LogP contribution >= 0.6 is 15.9 Å². The molecule has 1 saturated carbocycles. The topological polar surface area (TPSA) is 76.7 Å². The number of hydrogen-bond donors (Lipinski definition) is 2. The summed E-state index contributed by atoms with van der Waals surface area (Å²) >= 11 is 3.74. The molecule has 6 nitrogen and oxygen atoms in total. The third kappa shape index (κ3) is 1.70. The van der Waals surface area contributed by atoms with E-state index in [1.54, 1.807) is 0 Å². The van der Waals surface area contributed by atoms with Crippen molar-refractivity contribution in [3.63, 3.8) is 0 Å². The minimum atomic E-state index is -0.755. The summed E-state index contributed by atoms with van der Waals surface area (Å²) in [5.74, 6) is 1.35. The van der Waals surface area contributed by atoms with E-state index in [2.05, 4.69) is 38.7 Å². The van der Waals surface area contributed by atoms with E-state index in [0.29, 0.717) is 12.8 Å². The Balaban J connectivity index is 1.52. The molecule has 4 aliphatic rings. The molecular weight excluding hydrogens is 376 g/mol. The Morgan fingerprint density at radius 1 is 1.04 bits per heavy atom. The maximum Gasteiger partial charge on any atom is 0.322 e. The van der Waals surface area contributed by atoms with Gasteiger partial charge >= 0.3 is 6.03 Å². The normalized spacial score (nSPS) is 32.8. The van der Waals surface area contributed by atoms with Crippen LogP contribution in [0.4, 0.5) is 4.79 Å². The van der Waals surface area contributed by atoms with Crippen molar-refractivity contribution in [2.75, 3.05) is 6.79 Å². The summed E-state index contributed by atoms with van der Waals surface area (Å²) in [6.45, 7) is 0.255. The minimum Gasteiger partial charge on any atom is -0.454 e. The fraction of sp³-hybridized carbons (Fsp3) is 0.412. The van der Waals surface area contributed by atoms with Crippen molar-refractivity contribution in [3.05, 3.63) is 27.7 Å². The first-order valence-corrected chi connectivity index (χ1v) is 8.77. The van der Waals surface area contributed by atoms with Crippen LogP contribution in [-0.2, 0) is 10.2 Å². The molecule has 2 fully saturated rings. The number of halogens is 1. The molecule has 124 valence electrons. The van der Waals surface area contributed by atoms with Crippen molar-refractivity contribution in [1.29, 1.82) is 0 Å². The molecule has 0 bridgehead atoms. The van der Waals surface area contributed by atoms with Gasteiger partial charge < -0.3 is 14.8 Å². The van der Waals surface area contributed by atoms with Crippen molar-refractivity contribution < 1.29 is 19.1 Å². The number of benzene rings is 1. The number of amides is 3. The summed E-state index contributed by atoms with van der Waals surface area (Å²) in [4.78, 5) is 23.7. The number of ether oxygens (including phenoxy) is 2. The van der Waals surface area contributed by atoms with Gasteiger partial charge in [0, 0.05) is 9.90 Å². The molecule has 2 N–H and O–H groups in total. The van der Waals surface area contributed by atoms with E-state index < -0.39 is 5.54 Å². The van der Waals surface area contributed by atoms with Crippen LogP contribution < -0.4 is 20.1 Å². The van der Waals surface area contributed by atoms with Gasteiger partial charge in [-0.25, -0.2) is 4.79 Å². The number of rotatable bonds is 0. The van der Waals surface area contributed by atoms with Crippen molar-refractivity contribution in [2.24, 2.45) is 0 Å². The molecule has 2 aliphatic heterocycles. The highest BCUT2D eigenvalue weighted by atomic mass is 79.9. The van der Waals surface area contributed by atoms with Gasteiger partial charge in [0.2, 0.25) is 6.79 Å². The van der Waals surface area contributed by atoms with Crippen LogP contribution in [0, 0.1) is 0 Å². The molecule has 0 radical (unpaired) electrons. The predicted molar refractivity (Wildman–Crippen MR) is 89.0 cm³/mol. The SMILES string of the molecule is O=C1NC(=O)C2(CCC3(CC2)C(Br)=Cc2cc4c(cc23)OCO4)N1. The van der Waals surface area contributed by atoms with Crippen molar-refractivity contribution >= 4 is 33.9 Å². The highest BCUT2D eigenvalue weighted by molar-refractivity contribution is 9.11. The maximum absolute atomic E-state index is 12.2. The smallest absolute Gasteiger partial charge is 0.322 e. The molecule has 2 heterocycles. The zero-order valence-electron chi connectivity index (χ0n) is 12.8. The molecule has 7 heteroatoms. The Bertz CT molecular complexity index is 824. The molecule has 0 aromatic heterocycles. The van der Waals surface area contributed by atoms with Crippen molar-refractivity contribution in [1.82, 2.24) is 10.6 Å². The van der Waals surface area contributed by atoms with Crippen LogP contribution in [0.3, 0.4) is 0 Å². The maximum atomic E-state index is 12.2. The Morgan fingerprint density at radius 3 is 2.42 bits per heavy atom. The van der Waals surface area contributed by atoms with Crippen LogP contribution in [-0.4, -0.2) is 24.3 Å². The lowest BCUT2D eigenvalue weighted by Crippen LogP contribution is -2.52. The molecule has 0 atom stereocenters. The Morgan fingerprint density at radius 2 is 1.75 bits per heavy atom. The third-order valence-corrected chi connectivity index (χ3v) is 6.76. The minimum absolute atomic E-state index is 0.158. The van der Waals surface area contributed by atoms with E-state index in [4.69, 9.17) is 9.47 Å². The molecule has 3 amide bonds. The summed E-state index contributed by atoms with van der Waals surface area (Å²) < 4.78 is 12.1. The molecule has 1 aromatic carbocycles. The van der Waals surface area contributed by atoms with Crippen LogP contribution in [0.15, 0.2) is 16.6 Å². The number of urea groups is 1. The average Bonchev–Trinajstić information content (AvgIpc) is 3.18. The third-order valence-electron chi connectivity index (χ3n) is 5.77. The molecule has 2 spiro atoms. The lowest BCUT2D eigenvalue weighted by atomic mass is 9.65. The van der Waals surface area contributed by atoms with Gasteiger partial charge in [-0.2, -0.15) is 0 Å². The molecule has 0 unspecified atom stereocenters. The molecule has 1 aromatic rings. The van der Waals surface area contributed by atoms with Crippen molar-refractivity contribution in [3.8, 4) is 11.5 Å². The first-order chi connectivity index (χ1) is 11.5. The Hall–Kier alpha value is -2.02. The predicted octanol–water partition coefficient (Wildman–Crippen LogP) is 2.55. The fourth-order valence-electron chi connectivity index (χ4n) is 4.39. The first-order valence-electron chi connectivity index (χ1n) is 7.98. The van der Waals surface area contributed by atoms with Crippen LogP contribution in [0.25, 0.3) is 6.08 Å². The Kier molecular flexibility index (Phi) is 2.71. The lowest BCUT2D eigenvalue weighted by Gasteiger charge is -2.42. The summed E-state index contributed by atoms with van der Waals surface area (Å²) in [5, 5.41) is 5.20. The van der Waals surface area contributed by atoms with Gasteiger partial charge in [-0.15, -0.1) is 0 Å². The molecular formula is C17H15BrN2O4.